The monoisotopic (exact) mass is 436 g/mol. The van der Waals surface area contributed by atoms with E-state index in [1.807, 2.05) is 19.1 Å². The molecule has 4 nitrogen and oxygen atoms in total. The minimum atomic E-state index is -4.48. The van der Waals surface area contributed by atoms with Crippen molar-refractivity contribution in [3.05, 3.63) is 69.9 Å². The number of nitrogens with zero attached hydrogens (tertiary/aromatic N) is 1. The fourth-order valence-corrected chi connectivity index (χ4v) is 4.13. The molecule has 0 saturated carbocycles. The maximum absolute atomic E-state index is 13.3. The SMILES string of the molecule is CCCOC(=O)N1CCc2c([nH]c3ccc(Cl)cc23)C1c1cccc(C(F)(F)F)c1. The number of halogens is 4. The van der Waals surface area contributed by atoms with Crippen LogP contribution in [-0.4, -0.2) is 29.1 Å². The number of fused-ring (bicyclic) bond motifs is 3. The third kappa shape index (κ3) is 3.74. The van der Waals surface area contributed by atoms with Gasteiger partial charge in [0.25, 0.3) is 0 Å². The van der Waals surface area contributed by atoms with Gasteiger partial charge in [0.1, 0.15) is 6.04 Å². The Kier molecular flexibility index (Phi) is 5.40. The summed E-state index contributed by atoms with van der Waals surface area (Å²) in [7, 11) is 0. The normalized spacial score (nSPS) is 16.6. The Hall–Kier alpha value is -2.67. The van der Waals surface area contributed by atoms with E-state index in [0.29, 0.717) is 35.7 Å². The zero-order chi connectivity index (χ0) is 21.5. The summed E-state index contributed by atoms with van der Waals surface area (Å²) in [5.74, 6) is 0. The zero-order valence-corrected chi connectivity index (χ0v) is 17.0. The summed E-state index contributed by atoms with van der Waals surface area (Å²) in [5.41, 5.74) is 2.08. The highest BCUT2D eigenvalue weighted by molar-refractivity contribution is 6.31. The molecule has 1 atom stereocenters. The number of carbonyl (C=O) groups is 1. The Morgan fingerprint density at radius 3 is 2.80 bits per heavy atom. The van der Waals surface area contributed by atoms with Crippen LogP contribution in [-0.2, 0) is 17.3 Å². The Balaban J connectivity index is 1.86. The van der Waals surface area contributed by atoms with E-state index in [0.717, 1.165) is 28.6 Å². The van der Waals surface area contributed by atoms with Crippen molar-refractivity contribution in [1.82, 2.24) is 9.88 Å². The number of rotatable bonds is 3. The molecule has 0 radical (unpaired) electrons. The molecule has 1 amide bonds. The van der Waals surface area contributed by atoms with Gasteiger partial charge in [-0.05, 0) is 54.3 Å². The first-order chi connectivity index (χ1) is 14.3. The van der Waals surface area contributed by atoms with Gasteiger partial charge in [0.2, 0.25) is 0 Å². The number of carbonyl (C=O) groups excluding carboxylic acids is 1. The van der Waals surface area contributed by atoms with Crippen LogP contribution in [0.25, 0.3) is 10.9 Å². The number of hydrogen-bond donors (Lipinski definition) is 1. The van der Waals surface area contributed by atoms with Gasteiger partial charge in [-0.2, -0.15) is 13.2 Å². The fraction of sp³-hybridized carbons (Fsp3) is 0.318. The average Bonchev–Trinajstić information content (AvgIpc) is 3.08. The van der Waals surface area contributed by atoms with Crippen molar-refractivity contribution < 1.29 is 22.7 Å². The van der Waals surface area contributed by atoms with Crippen LogP contribution in [0.1, 0.15) is 41.8 Å². The molecule has 0 bridgehead atoms. The molecule has 1 unspecified atom stereocenters. The van der Waals surface area contributed by atoms with Gasteiger partial charge < -0.3 is 9.72 Å². The van der Waals surface area contributed by atoms with Gasteiger partial charge in [0, 0.05) is 28.2 Å². The van der Waals surface area contributed by atoms with Crippen LogP contribution in [0.5, 0.6) is 0 Å². The number of hydrogen-bond acceptors (Lipinski definition) is 2. The van der Waals surface area contributed by atoms with Crippen molar-refractivity contribution in [1.29, 1.82) is 0 Å². The van der Waals surface area contributed by atoms with E-state index in [9.17, 15) is 18.0 Å². The molecule has 0 aliphatic carbocycles. The number of ether oxygens (including phenoxy) is 1. The minimum Gasteiger partial charge on any atom is -0.449 e. The van der Waals surface area contributed by atoms with Crippen molar-refractivity contribution in [2.45, 2.75) is 32.0 Å². The molecule has 0 fully saturated rings. The second-order valence-corrected chi connectivity index (χ2v) is 7.73. The number of benzene rings is 2. The van der Waals surface area contributed by atoms with Crippen LogP contribution < -0.4 is 0 Å². The van der Waals surface area contributed by atoms with Crippen molar-refractivity contribution >= 4 is 28.6 Å². The minimum absolute atomic E-state index is 0.250. The Morgan fingerprint density at radius 2 is 2.07 bits per heavy atom. The number of aromatic amines is 1. The van der Waals surface area contributed by atoms with Crippen LogP contribution in [0.4, 0.5) is 18.0 Å². The first-order valence-corrected chi connectivity index (χ1v) is 10.1. The number of alkyl halides is 3. The predicted molar refractivity (Wildman–Crippen MR) is 109 cm³/mol. The lowest BCUT2D eigenvalue weighted by atomic mass is 9.92. The summed E-state index contributed by atoms with van der Waals surface area (Å²) >= 11 is 6.16. The molecule has 1 aromatic heterocycles. The topological polar surface area (TPSA) is 45.3 Å². The molecular weight excluding hydrogens is 417 g/mol. The molecule has 1 aliphatic rings. The predicted octanol–water partition coefficient (Wildman–Crippen LogP) is 6.33. The molecule has 1 N–H and O–H groups in total. The Morgan fingerprint density at radius 1 is 1.27 bits per heavy atom. The first-order valence-electron chi connectivity index (χ1n) is 9.70. The van der Waals surface area contributed by atoms with Gasteiger partial charge in [-0.25, -0.2) is 4.79 Å². The summed E-state index contributed by atoms with van der Waals surface area (Å²) in [4.78, 5) is 17.5. The largest absolute Gasteiger partial charge is 0.449 e. The molecule has 0 spiro atoms. The maximum atomic E-state index is 13.3. The standard InChI is InChI=1S/C22H20ClF3N2O2/c1-2-10-30-21(29)28-9-8-16-17-12-15(23)6-7-18(17)27-19(16)20(28)13-4-3-5-14(11-13)22(24,25)26/h3-7,11-12,20,27H,2,8-10H2,1H3. The van der Waals surface area contributed by atoms with E-state index in [1.54, 1.807) is 12.1 Å². The van der Waals surface area contributed by atoms with Crippen molar-refractivity contribution in [3.63, 3.8) is 0 Å². The van der Waals surface area contributed by atoms with E-state index in [1.165, 1.54) is 11.0 Å². The Labute approximate surface area is 176 Å². The van der Waals surface area contributed by atoms with Crippen LogP contribution in [0.2, 0.25) is 5.02 Å². The third-order valence-corrected chi connectivity index (χ3v) is 5.52. The fourth-order valence-electron chi connectivity index (χ4n) is 3.96. The average molecular weight is 437 g/mol. The molecule has 2 heterocycles. The summed E-state index contributed by atoms with van der Waals surface area (Å²) in [6.45, 7) is 2.46. The van der Waals surface area contributed by atoms with Crippen LogP contribution >= 0.6 is 11.6 Å². The molecule has 2 aromatic carbocycles. The highest BCUT2D eigenvalue weighted by Gasteiger charge is 2.37. The van der Waals surface area contributed by atoms with Gasteiger partial charge in [-0.15, -0.1) is 0 Å². The maximum Gasteiger partial charge on any atom is 0.416 e. The molecule has 8 heteroatoms. The van der Waals surface area contributed by atoms with E-state index >= 15 is 0 Å². The lowest BCUT2D eigenvalue weighted by molar-refractivity contribution is -0.137. The molecule has 158 valence electrons. The second-order valence-electron chi connectivity index (χ2n) is 7.29. The van der Waals surface area contributed by atoms with Crippen LogP contribution in [0, 0.1) is 0 Å². The zero-order valence-electron chi connectivity index (χ0n) is 16.2. The molecule has 4 rings (SSSR count). The van der Waals surface area contributed by atoms with Gasteiger partial charge in [-0.1, -0.05) is 30.7 Å². The smallest absolute Gasteiger partial charge is 0.416 e. The van der Waals surface area contributed by atoms with Gasteiger partial charge in [0.05, 0.1) is 12.2 Å². The molecule has 3 aromatic rings. The summed E-state index contributed by atoms with van der Waals surface area (Å²) < 4.78 is 45.3. The third-order valence-electron chi connectivity index (χ3n) is 5.28. The van der Waals surface area contributed by atoms with Crippen LogP contribution in [0.15, 0.2) is 42.5 Å². The van der Waals surface area contributed by atoms with E-state index in [4.69, 9.17) is 16.3 Å². The summed E-state index contributed by atoms with van der Waals surface area (Å²) in [6.07, 6.45) is -3.81. The van der Waals surface area contributed by atoms with Crippen LogP contribution in [0.3, 0.4) is 0 Å². The summed E-state index contributed by atoms with van der Waals surface area (Å²) in [5, 5.41) is 1.49. The number of aromatic nitrogens is 1. The first kappa shape index (κ1) is 20.6. The van der Waals surface area contributed by atoms with Gasteiger partial charge >= 0.3 is 12.3 Å². The highest BCUT2D eigenvalue weighted by atomic mass is 35.5. The molecule has 0 saturated heterocycles. The van der Waals surface area contributed by atoms with Gasteiger partial charge in [-0.3, -0.25) is 4.90 Å². The van der Waals surface area contributed by atoms with E-state index < -0.39 is 23.9 Å². The number of H-pyrrole nitrogens is 1. The lowest BCUT2D eigenvalue weighted by Crippen LogP contribution is -2.41. The molecular formula is C22H20ClF3N2O2. The highest BCUT2D eigenvalue weighted by Crippen LogP contribution is 2.41. The Bertz CT molecular complexity index is 1090. The van der Waals surface area contributed by atoms with Crippen molar-refractivity contribution in [2.75, 3.05) is 13.2 Å². The molecule has 30 heavy (non-hydrogen) atoms. The summed E-state index contributed by atoms with van der Waals surface area (Å²) in [6, 6.07) is 9.79. The van der Waals surface area contributed by atoms with E-state index in [-0.39, 0.29) is 6.61 Å². The van der Waals surface area contributed by atoms with Gasteiger partial charge in [0.15, 0.2) is 0 Å². The van der Waals surface area contributed by atoms with Crippen molar-refractivity contribution in [3.8, 4) is 0 Å². The quantitative estimate of drug-likeness (QED) is 0.521. The molecule has 1 aliphatic heterocycles. The van der Waals surface area contributed by atoms with E-state index in [2.05, 4.69) is 4.98 Å². The van der Waals surface area contributed by atoms with Crippen molar-refractivity contribution in [2.24, 2.45) is 0 Å². The second kappa shape index (κ2) is 7.87. The number of nitrogens with one attached hydrogen (secondary N) is 1. The number of amides is 1. The lowest BCUT2D eigenvalue weighted by Gasteiger charge is -2.35.